The monoisotopic (exact) mass is 258 g/mol. The zero-order chi connectivity index (χ0) is 13.8. The van der Waals surface area contributed by atoms with E-state index >= 15 is 0 Å². The fraction of sp³-hybridized carbons (Fsp3) is 0.0625. The Kier molecular flexibility index (Phi) is 3.85. The van der Waals surface area contributed by atoms with Crippen LogP contribution in [-0.4, -0.2) is 5.78 Å². The smallest absolute Gasteiger partial charge is 0.186 e. The van der Waals surface area contributed by atoms with Crippen molar-refractivity contribution in [3.8, 4) is 0 Å². The molecule has 96 valence electrons. The van der Waals surface area contributed by atoms with E-state index in [1.807, 2.05) is 19.1 Å². The maximum absolute atomic E-state index is 13.4. The molecule has 0 spiro atoms. The molecule has 0 amide bonds. The van der Waals surface area contributed by atoms with Crippen LogP contribution in [0.2, 0.25) is 0 Å². The zero-order valence-electron chi connectivity index (χ0n) is 10.4. The van der Waals surface area contributed by atoms with Crippen molar-refractivity contribution in [2.45, 2.75) is 6.92 Å². The lowest BCUT2D eigenvalue weighted by molar-refractivity contribution is 0.104. The van der Waals surface area contributed by atoms with E-state index in [0.717, 1.165) is 17.7 Å². The van der Waals surface area contributed by atoms with Gasteiger partial charge in [-0.1, -0.05) is 30.3 Å². The largest absolute Gasteiger partial charge is 0.289 e. The number of allylic oxidation sites excluding steroid dienone is 1. The standard InChI is InChI=1S/C16H12F2O/c1-11-5-2-3-6-12(11)16(19)10-9-13-14(17)7-4-8-15(13)18/h2-10H,1H3/b10-9+. The van der Waals surface area contributed by atoms with E-state index in [0.29, 0.717) is 5.56 Å². The molecule has 0 unspecified atom stereocenters. The van der Waals surface area contributed by atoms with Crippen LogP contribution in [0.25, 0.3) is 6.08 Å². The van der Waals surface area contributed by atoms with Gasteiger partial charge in [-0.25, -0.2) is 8.78 Å². The number of hydrogen-bond donors (Lipinski definition) is 0. The molecule has 0 atom stereocenters. The molecule has 0 saturated heterocycles. The van der Waals surface area contributed by atoms with E-state index < -0.39 is 11.6 Å². The summed E-state index contributed by atoms with van der Waals surface area (Å²) in [7, 11) is 0. The molecule has 0 aliphatic heterocycles. The number of carbonyl (C=O) groups is 1. The van der Waals surface area contributed by atoms with Crippen LogP contribution >= 0.6 is 0 Å². The number of benzene rings is 2. The van der Waals surface area contributed by atoms with E-state index in [1.165, 1.54) is 18.2 Å². The molecule has 2 aromatic carbocycles. The van der Waals surface area contributed by atoms with Crippen LogP contribution in [0.15, 0.2) is 48.5 Å². The summed E-state index contributed by atoms with van der Waals surface area (Å²) in [6.07, 6.45) is 2.35. The Morgan fingerprint density at radius 1 is 1.00 bits per heavy atom. The van der Waals surface area contributed by atoms with Crippen molar-refractivity contribution in [3.05, 3.63) is 76.9 Å². The zero-order valence-corrected chi connectivity index (χ0v) is 10.4. The average molecular weight is 258 g/mol. The van der Waals surface area contributed by atoms with E-state index in [-0.39, 0.29) is 11.3 Å². The Hall–Kier alpha value is -2.29. The lowest BCUT2D eigenvalue weighted by Gasteiger charge is -2.01. The molecule has 0 radical (unpaired) electrons. The van der Waals surface area contributed by atoms with Gasteiger partial charge in [0.15, 0.2) is 5.78 Å². The molecule has 0 fully saturated rings. The van der Waals surface area contributed by atoms with E-state index in [4.69, 9.17) is 0 Å². The summed E-state index contributed by atoms with van der Waals surface area (Å²) >= 11 is 0. The van der Waals surface area contributed by atoms with Gasteiger partial charge in [-0.05, 0) is 36.8 Å². The third-order valence-corrected chi connectivity index (χ3v) is 2.81. The minimum Gasteiger partial charge on any atom is -0.289 e. The summed E-state index contributed by atoms with van der Waals surface area (Å²) in [5.74, 6) is -1.65. The number of halogens is 2. The lowest BCUT2D eigenvalue weighted by Crippen LogP contribution is -1.97. The minimum atomic E-state index is -0.686. The van der Waals surface area contributed by atoms with Gasteiger partial charge in [0.25, 0.3) is 0 Å². The maximum Gasteiger partial charge on any atom is 0.186 e. The van der Waals surface area contributed by atoms with Gasteiger partial charge >= 0.3 is 0 Å². The molecular weight excluding hydrogens is 246 g/mol. The maximum atomic E-state index is 13.4. The molecule has 3 heteroatoms. The van der Waals surface area contributed by atoms with E-state index in [9.17, 15) is 13.6 Å². The lowest BCUT2D eigenvalue weighted by atomic mass is 10.0. The first-order valence-electron chi connectivity index (χ1n) is 5.81. The second-order valence-corrected chi connectivity index (χ2v) is 4.15. The van der Waals surface area contributed by atoms with Gasteiger partial charge in [0.05, 0.1) is 0 Å². The molecule has 0 saturated carbocycles. The number of aryl methyl sites for hydroxylation is 1. The van der Waals surface area contributed by atoms with E-state index in [1.54, 1.807) is 12.1 Å². The first-order chi connectivity index (χ1) is 9.09. The van der Waals surface area contributed by atoms with Crippen molar-refractivity contribution < 1.29 is 13.6 Å². The highest BCUT2D eigenvalue weighted by molar-refractivity contribution is 6.07. The van der Waals surface area contributed by atoms with Crippen LogP contribution in [0.4, 0.5) is 8.78 Å². The van der Waals surface area contributed by atoms with E-state index in [2.05, 4.69) is 0 Å². The van der Waals surface area contributed by atoms with Crippen LogP contribution in [0, 0.1) is 18.6 Å². The molecule has 19 heavy (non-hydrogen) atoms. The molecule has 2 aromatic rings. The minimum absolute atomic E-state index is 0.204. The summed E-state index contributed by atoms with van der Waals surface area (Å²) in [5, 5.41) is 0. The van der Waals surface area contributed by atoms with Gasteiger partial charge in [0.2, 0.25) is 0 Å². The summed E-state index contributed by atoms with van der Waals surface area (Å²) in [6.45, 7) is 1.81. The Bertz CT molecular complexity index is 625. The average Bonchev–Trinajstić information content (AvgIpc) is 2.38. The second kappa shape index (κ2) is 5.57. The van der Waals surface area contributed by atoms with Crippen molar-refractivity contribution in [3.63, 3.8) is 0 Å². The number of carbonyl (C=O) groups excluding carboxylic acids is 1. The fourth-order valence-corrected chi connectivity index (χ4v) is 1.77. The van der Waals surface area contributed by atoms with Crippen molar-refractivity contribution in [2.24, 2.45) is 0 Å². The van der Waals surface area contributed by atoms with Crippen LogP contribution in [0.5, 0.6) is 0 Å². The van der Waals surface area contributed by atoms with Gasteiger partial charge in [-0.3, -0.25) is 4.79 Å². The molecule has 2 rings (SSSR count). The molecular formula is C16H12F2O. The Morgan fingerprint density at radius 2 is 1.63 bits per heavy atom. The molecule has 0 heterocycles. The summed E-state index contributed by atoms with van der Waals surface area (Å²) < 4.78 is 26.8. The summed E-state index contributed by atoms with van der Waals surface area (Å²) in [4.78, 5) is 11.9. The van der Waals surface area contributed by atoms with Crippen LogP contribution in [-0.2, 0) is 0 Å². The molecule has 0 aliphatic carbocycles. The fourth-order valence-electron chi connectivity index (χ4n) is 1.77. The normalized spacial score (nSPS) is 10.9. The van der Waals surface area contributed by atoms with Crippen LogP contribution in [0.1, 0.15) is 21.5 Å². The third kappa shape index (κ3) is 2.94. The van der Waals surface area contributed by atoms with Crippen molar-refractivity contribution in [1.82, 2.24) is 0 Å². The highest BCUT2D eigenvalue weighted by atomic mass is 19.1. The van der Waals surface area contributed by atoms with Gasteiger partial charge in [0.1, 0.15) is 11.6 Å². The molecule has 1 nitrogen and oxygen atoms in total. The van der Waals surface area contributed by atoms with Crippen LogP contribution < -0.4 is 0 Å². The highest BCUT2D eigenvalue weighted by Gasteiger charge is 2.07. The Morgan fingerprint density at radius 3 is 2.26 bits per heavy atom. The summed E-state index contributed by atoms with van der Waals surface area (Å²) in [6, 6.07) is 10.7. The van der Waals surface area contributed by atoms with Crippen LogP contribution in [0.3, 0.4) is 0 Å². The molecule has 0 N–H and O–H groups in total. The molecule has 0 aliphatic rings. The quantitative estimate of drug-likeness (QED) is 0.596. The highest BCUT2D eigenvalue weighted by Crippen LogP contribution is 2.15. The van der Waals surface area contributed by atoms with Gasteiger partial charge in [-0.2, -0.15) is 0 Å². The van der Waals surface area contributed by atoms with Crippen molar-refractivity contribution in [1.29, 1.82) is 0 Å². The number of rotatable bonds is 3. The SMILES string of the molecule is Cc1ccccc1C(=O)/C=C/c1c(F)cccc1F. The number of hydrogen-bond acceptors (Lipinski definition) is 1. The molecule has 0 aromatic heterocycles. The topological polar surface area (TPSA) is 17.1 Å². The van der Waals surface area contributed by atoms with Crippen molar-refractivity contribution in [2.75, 3.05) is 0 Å². The first kappa shape index (κ1) is 13.1. The van der Waals surface area contributed by atoms with Gasteiger partial charge in [-0.15, -0.1) is 0 Å². The Labute approximate surface area is 110 Å². The molecule has 0 bridgehead atoms. The predicted octanol–water partition coefficient (Wildman–Crippen LogP) is 4.17. The first-order valence-corrected chi connectivity index (χ1v) is 5.81. The van der Waals surface area contributed by atoms with Gasteiger partial charge < -0.3 is 0 Å². The Balaban J connectivity index is 2.29. The van der Waals surface area contributed by atoms with Crippen molar-refractivity contribution >= 4 is 11.9 Å². The third-order valence-electron chi connectivity index (χ3n) is 2.81. The predicted molar refractivity (Wildman–Crippen MR) is 70.9 cm³/mol. The second-order valence-electron chi connectivity index (χ2n) is 4.15. The van der Waals surface area contributed by atoms with Gasteiger partial charge in [0, 0.05) is 11.1 Å². The summed E-state index contributed by atoms with van der Waals surface area (Å²) in [5.41, 5.74) is 1.14. The number of ketones is 1.